The zero-order valence-electron chi connectivity index (χ0n) is 13.6. The number of nitrogens with zero attached hydrogens (tertiary/aromatic N) is 1. The number of aryl methyl sites for hydroxylation is 2. The topological polar surface area (TPSA) is 42.4 Å². The number of ether oxygens (including phenoxy) is 1. The Morgan fingerprint density at radius 2 is 1.96 bits per heavy atom. The van der Waals surface area contributed by atoms with Crippen molar-refractivity contribution < 1.29 is 14.2 Å². The van der Waals surface area contributed by atoms with Crippen LogP contribution in [-0.4, -0.2) is 10.1 Å². The van der Waals surface area contributed by atoms with Crippen LogP contribution in [0.25, 0.3) is 11.3 Å². The number of allylic oxidation sites excluding steroid dienone is 5. The van der Waals surface area contributed by atoms with Crippen LogP contribution in [0.5, 0.6) is 11.6 Å². The molecule has 0 spiro atoms. The second-order valence-corrected chi connectivity index (χ2v) is 5.78. The third kappa shape index (κ3) is 3.54. The average Bonchev–Trinajstić information content (AvgIpc) is 2.52. The molecular formula is C20H18FNO2. The molecule has 1 N–H and O–H groups in total. The maximum Gasteiger partial charge on any atom is 0.218 e. The quantitative estimate of drug-likeness (QED) is 0.795. The van der Waals surface area contributed by atoms with Crippen LogP contribution in [0.3, 0.4) is 0 Å². The van der Waals surface area contributed by atoms with Crippen molar-refractivity contribution in [3.8, 4) is 22.9 Å². The highest BCUT2D eigenvalue weighted by molar-refractivity contribution is 5.69. The van der Waals surface area contributed by atoms with Crippen LogP contribution in [0.15, 0.2) is 66.2 Å². The Balaban J connectivity index is 1.87. The molecule has 0 fully saturated rings. The average molecular weight is 323 g/mol. The number of pyridine rings is 1. The number of rotatable bonds is 3. The van der Waals surface area contributed by atoms with Crippen LogP contribution in [0.1, 0.15) is 17.5 Å². The zero-order chi connectivity index (χ0) is 17.1. The summed E-state index contributed by atoms with van der Waals surface area (Å²) in [5.74, 6) is 0.490. The van der Waals surface area contributed by atoms with Crippen molar-refractivity contribution in [3.63, 3.8) is 0 Å². The third-order valence-corrected chi connectivity index (χ3v) is 3.79. The lowest BCUT2D eigenvalue weighted by molar-refractivity contribution is 0.455. The fourth-order valence-corrected chi connectivity index (χ4v) is 2.77. The minimum atomic E-state index is -0.190. The van der Waals surface area contributed by atoms with Gasteiger partial charge in [0.2, 0.25) is 5.88 Å². The predicted molar refractivity (Wildman–Crippen MR) is 92.5 cm³/mol. The van der Waals surface area contributed by atoms with Crippen LogP contribution in [0.4, 0.5) is 4.39 Å². The molecule has 0 radical (unpaired) electrons. The summed E-state index contributed by atoms with van der Waals surface area (Å²) in [4.78, 5) is 4.52. The Kier molecular flexibility index (Phi) is 4.47. The molecule has 1 aromatic carbocycles. The molecule has 1 aliphatic rings. The maximum atomic E-state index is 13.2. The van der Waals surface area contributed by atoms with Gasteiger partial charge in [0.15, 0.2) is 0 Å². The van der Waals surface area contributed by atoms with E-state index in [0.29, 0.717) is 5.88 Å². The van der Waals surface area contributed by atoms with Crippen LogP contribution in [0, 0.1) is 13.8 Å². The minimum absolute atomic E-state index is 0.190. The van der Waals surface area contributed by atoms with E-state index in [1.54, 1.807) is 30.4 Å². The lowest BCUT2D eigenvalue weighted by atomic mass is 9.99. The van der Waals surface area contributed by atoms with E-state index in [0.717, 1.165) is 28.0 Å². The SMILES string of the molecule is Cc1cc(O)cc(C)c1-c1cccc(OC=C2C=CC=C(F)C2)n1. The Morgan fingerprint density at radius 3 is 2.67 bits per heavy atom. The van der Waals surface area contributed by atoms with Crippen LogP contribution in [0.2, 0.25) is 0 Å². The number of phenolic OH excluding ortho intramolecular Hbond substituents is 1. The molecule has 122 valence electrons. The van der Waals surface area contributed by atoms with Gasteiger partial charge in [0, 0.05) is 18.1 Å². The summed E-state index contributed by atoms with van der Waals surface area (Å²) >= 11 is 0. The number of halogens is 1. The number of phenols is 1. The third-order valence-electron chi connectivity index (χ3n) is 3.79. The first-order valence-electron chi connectivity index (χ1n) is 7.69. The summed E-state index contributed by atoms with van der Waals surface area (Å²) in [6.45, 7) is 3.86. The van der Waals surface area contributed by atoms with Gasteiger partial charge in [-0.2, -0.15) is 0 Å². The number of hydrogen-bond acceptors (Lipinski definition) is 3. The normalized spacial score (nSPS) is 15.5. The van der Waals surface area contributed by atoms with Crippen LogP contribution < -0.4 is 4.74 Å². The van der Waals surface area contributed by atoms with Crippen LogP contribution >= 0.6 is 0 Å². The van der Waals surface area contributed by atoms with Crippen molar-refractivity contribution >= 4 is 0 Å². The zero-order valence-corrected chi connectivity index (χ0v) is 13.6. The molecule has 0 atom stereocenters. The molecule has 0 aliphatic heterocycles. The van der Waals surface area contributed by atoms with Gasteiger partial charge in [0.1, 0.15) is 11.6 Å². The summed E-state index contributed by atoms with van der Waals surface area (Å²) in [6.07, 6.45) is 6.65. The van der Waals surface area contributed by atoms with Gasteiger partial charge in [-0.3, -0.25) is 0 Å². The van der Waals surface area contributed by atoms with Crippen molar-refractivity contribution in [2.24, 2.45) is 0 Å². The van der Waals surface area contributed by atoms with Gasteiger partial charge >= 0.3 is 0 Å². The van der Waals surface area contributed by atoms with Crippen molar-refractivity contribution in [3.05, 3.63) is 77.3 Å². The maximum absolute atomic E-state index is 13.2. The lowest BCUT2D eigenvalue weighted by Crippen LogP contribution is -1.95. The van der Waals surface area contributed by atoms with Crippen LogP contribution in [-0.2, 0) is 0 Å². The molecule has 3 nitrogen and oxygen atoms in total. The fraction of sp³-hybridized carbons (Fsp3) is 0.150. The van der Waals surface area contributed by atoms with E-state index in [1.807, 2.05) is 26.0 Å². The van der Waals surface area contributed by atoms with E-state index in [9.17, 15) is 9.50 Å². The van der Waals surface area contributed by atoms with E-state index in [-0.39, 0.29) is 18.0 Å². The standard InChI is InChI=1S/C20H18FNO2/c1-13-9-17(23)10-14(2)20(13)18-7-4-8-19(22-18)24-12-15-5-3-6-16(21)11-15/h3-10,12,23H,11H2,1-2H3. The molecule has 0 bridgehead atoms. The molecule has 0 saturated carbocycles. The monoisotopic (exact) mass is 323 g/mol. The predicted octanol–water partition coefficient (Wildman–Crippen LogP) is 5.15. The largest absolute Gasteiger partial charge is 0.508 e. The summed E-state index contributed by atoms with van der Waals surface area (Å²) < 4.78 is 18.8. The first-order valence-corrected chi connectivity index (χ1v) is 7.69. The number of benzene rings is 1. The Labute approximate surface area is 140 Å². The number of hydrogen-bond donors (Lipinski definition) is 1. The van der Waals surface area contributed by atoms with E-state index in [1.165, 1.54) is 12.3 Å². The molecule has 4 heteroatoms. The Morgan fingerprint density at radius 1 is 1.21 bits per heavy atom. The van der Waals surface area contributed by atoms with Gasteiger partial charge in [0.05, 0.1) is 12.0 Å². The summed E-state index contributed by atoms with van der Waals surface area (Å²) in [5.41, 5.74) is 4.37. The summed E-state index contributed by atoms with van der Waals surface area (Å²) in [7, 11) is 0. The molecule has 1 aromatic heterocycles. The van der Waals surface area contributed by atoms with E-state index >= 15 is 0 Å². The van der Waals surface area contributed by atoms with Gasteiger partial charge in [-0.15, -0.1) is 0 Å². The first kappa shape index (κ1) is 16.0. The van der Waals surface area contributed by atoms with Crippen molar-refractivity contribution in [2.75, 3.05) is 0 Å². The molecule has 24 heavy (non-hydrogen) atoms. The van der Waals surface area contributed by atoms with Gasteiger partial charge in [-0.05, 0) is 54.8 Å². The van der Waals surface area contributed by atoms with Gasteiger partial charge in [0.25, 0.3) is 0 Å². The molecule has 0 amide bonds. The van der Waals surface area contributed by atoms with Gasteiger partial charge < -0.3 is 9.84 Å². The van der Waals surface area contributed by atoms with Gasteiger partial charge in [-0.25, -0.2) is 9.37 Å². The van der Waals surface area contributed by atoms with E-state index in [2.05, 4.69) is 4.98 Å². The van der Waals surface area contributed by atoms with E-state index < -0.39 is 0 Å². The van der Waals surface area contributed by atoms with Crippen molar-refractivity contribution in [1.82, 2.24) is 4.98 Å². The van der Waals surface area contributed by atoms with E-state index in [4.69, 9.17) is 4.74 Å². The Bertz CT molecular complexity index is 843. The Hall–Kier alpha value is -2.88. The molecular weight excluding hydrogens is 305 g/mol. The summed E-state index contributed by atoms with van der Waals surface area (Å²) in [6, 6.07) is 8.93. The highest BCUT2D eigenvalue weighted by atomic mass is 19.1. The molecule has 2 aromatic rings. The molecule has 3 rings (SSSR count). The van der Waals surface area contributed by atoms with Crippen molar-refractivity contribution in [1.29, 1.82) is 0 Å². The molecule has 0 unspecified atom stereocenters. The second-order valence-electron chi connectivity index (χ2n) is 5.78. The smallest absolute Gasteiger partial charge is 0.218 e. The molecule has 1 heterocycles. The minimum Gasteiger partial charge on any atom is -0.508 e. The molecule has 0 saturated heterocycles. The lowest BCUT2D eigenvalue weighted by Gasteiger charge is -2.11. The number of aromatic nitrogens is 1. The highest BCUT2D eigenvalue weighted by Crippen LogP contribution is 2.30. The van der Waals surface area contributed by atoms with Gasteiger partial charge in [-0.1, -0.05) is 18.2 Å². The number of aromatic hydroxyl groups is 1. The summed E-state index contributed by atoms with van der Waals surface area (Å²) in [5, 5.41) is 9.68. The van der Waals surface area contributed by atoms with Crippen molar-refractivity contribution in [2.45, 2.75) is 20.3 Å². The highest BCUT2D eigenvalue weighted by Gasteiger charge is 2.10. The second kappa shape index (κ2) is 6.71. The first-order chi connectivity index (χ1) is 11.5. The molecule has 1 aliphatic carbocycles. The fourth-order valence-electron chi connectivity index (χ4n) is 2.77.